The molecule has 0 radical (unpaired) electrons. The van der Waals surface area contributed by atoms with Crippen molar-refractivity contribution in [1.82, 2.24) is 20.2 Å². The van der Waals surface area contributed by atoms with E-state index in [4.69, 9.17) is 9.97 Å². The summed E-state index contributed by atoms with van der Waals surface area (Å²) in [4.78, 5) is 9.56. The Morgan fingerprint density at radius 3 is 2.46 bits per heavy atom. The van der Waals surface area contributed by atoms with Crippen LogP contribution in [0.1, 0.15) is 5.69 Å². The highest BCUT2D eigenvalue weighted by molar-refractivity contribution is 7.08. The van der Waals surface area contributed by atoms with E-state index in [0.717, 1.165) is 33.8 Å². The Morgan fingerprint density at radius 2 is 1.71 bits per heavy atom. The number of nitrogens with zero attached hydrogens (tertiary/aromatic N) is 3. The standard InChI is InChI=1S/C22H17N5S/c1-14-12-20(27-26-14)24-22-18-4-2-3-5-19(18)23-21(25-22)16-8-6-15(7-9-16)17-10-11-28-13-17/h2-13H,1H3,(H2,23,24,25,26,27). The molecule has 0 amide bonds. The first kappa shape index (κ1) is 16.6. The molecule has 136 valence electrons. The van der Waals surface area contributed by atoms with Crippen molar-refractivity contribution in [2.24, 2.45) is 0 Å². The average molecular weight is 383 g/mol. The Bertz CT molecular complexity index is 1240. The lowest BCUT2D eigenvalue weighted by molar-refractivity contribution is 1.05. The summed E-state index contributed by atoms with van der Waals surface area (Å²) >= 11 is 1.70. The van der Waals surface area contributed by atoms with Gasteiger partial charge in [0.1, 0.15) is 5.82 Å². The van der Waals surface area contributed by atoms with Gasteiger partial charge in [0.2, 0.25) is 0 Å². The molecule has 0 aliphatic heterocycles. The Hall–Kier alpha value is -3.51. The predicted molar refractivity (Wildman–Crippen MR) is 115 cm³/mol. The maximum atomic E-state index is 4.79. The Kier molecular flexibility index (Phi) is 4.10. The van der Waals surface area contributed by atoms with Crippen LogP contribution in [-0.2, 0) is 0 Å². The molecule has 0 unspecified atom stereocenters. The van der Waals surface area contributed by atoms with Crippen LogP contribution < -0.4 is 5.32 Å². The fourth-order valence-electron chi connectivity index (χ4n) is 3.14. The van der Waals surface area contributed by atoms with Crippen LogP contribution >= 0.6 is 11.3 Å². The van der Waals surface area contributed by atoms with Crippen LogP contribution in [0.25, 0.3) is 33.4 Å². The lowest BCUT2D eigenvalue weighted by Crippen LogP contribution is -1.99. The molecule has 2 aromatic carbocycles. The van der Waals surface area contributed by atoms with E-state index in [9.17, 15) is 0 Å². The number of nitrogens with one attached hydrogen (secondary N) is 2. The number of hydrogen-bond donors (Lipinski definition) is 2. The number of anilines is 2. The van der Waals surface area contributed by atoms with Crippen LogP contribution in [0.5, 0.6) is 0 Å². The second-order valence-electron chi connectivity index (χ2n) is 6.56. The minimum absolute atomic E-state index is 0.685. The molecule has 0 spiro atoms. The topological polar surface area (TPSA) is 66.5 Å². The molecule has 0 bridgehead atoms. The van der Waals surface area contributed by atoms with E-state index in [-0.39, 0.29) is 0 Å². The third-order valence-electron chi connectivity index (χ3n) is 4.55. The zero-order chi connectivity index (χ0) is 18.9. The van der Waals surface area contributed by atoms with Crippen molar-refractivity contribution in [3.05, 3.63) is 77.1 Å². The molecule has 5 aromatic rings. The molecule has 5 rings (SSSR count). The van der Waals surface area contributed by atoms with E-state index in [2.05, 4.69) is 56.6 Å². The number of thiophene rings is 1. The average Bonchev–Trinajstić information content (AvgIpc) is 3.40. The molecule has 28 heavy (non-hydrogen) atoms. The summed E-state index contributed by atoms with van der Waals surface area (Å²) in [5.41, 5.74) is 5.28. The minimum atomic E-state index is 0.685. The molecular formula is C22H17N5S. The number of hydrogen-bond acceptors (Lipinski definition) is 5. The fraction of sp³-hybridized carbons (Fsp3) is 0.0455. The maximum Gasteiger partial charge on any atom is 0.162 e. The van der Waals surface area contributed by atoms with Crippen LogP contribution in [0.4, 0.5) is 11.6 Å². The largest absolute Gasteiger partial charge is 0.323 e. The molecule has 0 aliphatic rings. The van der Waals surface area contributed by atoms with Crippen molar-refractivity contribution in [1.29, 1.82) is 0 Å². The molecular weight excluding hydrogens is 366 g/mol. The third-order valence-corrected chi connectivity index (χ3v) is 5.24. The highest BCUT2D eigenvalue weighted by atomic mass is 32.1. The third kappa shape index (κ3) is 3.14. The van der Waals surface area contributed by atoms with E-state index >= 15 is 0 Å². The zero-order valence-corrected chi connectivity index (χ0v) is 16.0. The summed E-state index contributed by atoms with van der Waals surface area (Å²) in [5.74, 6) is 2.17. The quantitative estimate of drug-likeness (QED) is 0.411. The monoisotopic (exact) mass is 383 g/mol. The number of aromatic amines is 1. The maximum absolute atomic E-state index is 4.79. The first-order chi connectivity index (χ1) is 13.8. The summed E-state index contributed by atoms with van der Waals surface area (Å²) in [5, 5.41) is 15.7. The molecule has 0 fully saturated rings. The number of fused-ring (bicyclic) bond motifs is 1. The van der Waals surface area contributed by atoms with Crippen LogP contribution in [0.2, 0.25) is 0 Å². The lowest BCUT2D eigenvalue weighted by atomic mass is 10.1. The Balaban J connectivity index is 1.57. The second-order valence-corrected chi connectivity index (χ2v) is 7.34. The van der Waals surface area contributed by atoms with E-state index in [0.29, 0.717) is 5.82 Å². The van der Waals surface area contributed by atoms with Crippen molar-refractivity contribution in [2.75, 3.05) is 5.32 Å². The van der Waals surface area contributed by atoms with Crippen molar-refractivity contribution in [3.63, 3.8) is 0 Å². The summed E-state index contributed by atoms with van der Waals surface area (Å²) in [7, 11) is 0. The predicted octanol–water partition coefficient (Wildman–Crippen LogP) is 5.80. The zero-order valence-electron chi connectivity index (χ0n) is 15.2. The van der Waals surface area contributed by atoms with Gasteiger partial charge in [-0.15, -0.1) is 0 Å². The summed E-state index contributed by atoms with van der Waals surface area (Å²) < 4.78 is 0. The molecule has 6 heteroatoms. The van der Waals surface area contributed by atoms with Crippen LogP contribution in [-0.4, -0.2) is 20.2 Å². The number of rotatable bonds is 4. The molecule has 3 heterocycles. The van der Waals surface area contributed by atoms with E-state index in [1.807, 2.05) is 37.3 Å². The van der Waals surface area contributed by atoms with Crippen molar-refractivity contribution < 1.29 is 0 Å². The van der Waals surface area contributed by atoms with Gasteiger partial charge in [0.25, 0.3) is 0 Å². The van der Waals surface area contributed by atoms with Gasteiger partial charge in [0.15, 0.2) is 11.6 Å². The number of H-pyrrole nitrogens is 1. The van der Waals surface area contributed by atoms with Crippen molar-refractivity contribution in [3.8, 4) is 22.5 Å². The van der Waals surface area contributed by atoms with Crippen molar-refractivity contribution in [2.45, 2.75) is 6.92 Å². The van der Waals surface area contributed by atoms with Gasteiger partial charge in [0, 0.05) is 22.7 Å². The number of para-hydroxylation sites is 1. The molecule has 2 N–H and O–H groups in total. The normalized spacial score (nSPS) is 11.0. The van der Waals surface area contributed by atoms with E-state index in [1.54, 1.807) is 11.3 Å². The number of benzene rings is 2. The van der Waals surface area contributed by atoms with Crippen LogP contribution in [0.15, 0.2) is 71.4 Å². The fourth-order valence-corrected chi connectivity index (χ4v) is 3.81. The Morgan fingerprint density at radius 1 is 0.893 bits per heavy atom. The SMILES string of the molecule is Cc1cc(Nc2nc(-c3ccc(-c4ccsc4)cc3)nc3ccccc23)n[nH]1. The van der Waals surface area contributed by atoms with Gasteiger partial charge < -0.3 is 5.32 Å². The van der Waals surface area contributed by atoms with Crippen LogP contribution in [0, 0.1) is 6.92 Å². The van der Waals surface area contributed by atoms with Gasteiger partial charge in [0.05, 0.1) is 5.52 Å². The molecule has 0 atom stereocenters. The van der Waals surface area contributed by atoms with Crippen molar-refractivity contribution >= 4 is 33.9 Å². The molecule has 0 saturated heterocycles. The van der Waals surface area contributed by atoms with Gasteiger partial charge in [-0.2, -0.15) is 16.4 Å². The Labute approximate surface area is 166 Å². The summed E-state index contributed by atoms with van der Waals surface area (Å²) in [6, 6.07) is 20.4. The van der Waals surface area contributed by atoms with Gasteiger partial charge in [-0.05, 0) is 47.0 Å². The van der Waals surface area contributed by atoms with Gasteiger partial charge in [-0.25, -0.2) is 9.97 Å². The molecule has 5 nitrogen and oxygen atoms in total. The first-order valence-corrected chi connectivity index (χ1v) is 9.89. The lowest BCUT2D eigenvalue weighted by Gasteiger charge is -2.10. The smallest absolute Gasteiger partial charge is 0.162 e. The summed E-state index contributed by atoms with van der Waals surface area (Å²) in [6.45, 7) is 1.97. The molecule has 0 saturated carbocycles. The van der Waals surface area contributed by atoms with E-state index in [1.165, 1.54) is 11.1 Å². The van der Waals surface area contributed by atoms with Crippen LogP contribution in [0.3, 0.4) is 0 Å². The van der Waals surface area contributed by atoms with Gasteiger partial charge in [-0.3, -0.25) is 5.10 Å². The van der Waals surface area contributed by atoms with E-state index < -0.39 is 0 Å². The highest BCUT2D eigenvalue weighted by Gasteiger charge is 2.11. The number of aromatic nitrogens is 4. The van der Waals surface area contributed by atoms with Gasteiger partial charge >= 0.3 is 0 Å². The minimum Gasteiger partial charge on any atom is -0.323 e. The van der Waals surface area contributed by atoms with Gasteiger partial charge in [-0.1, -0.05) is 36.4 Å². The molecule has 3 aromatic heterocycles. The first-order valence-electron chi connectivity index (χ1n) is 8.95. The second kappa shape index (κ2) is 6.90. The summed E-state index contributed by atoms with van der Waals surface area (Å²) in [6.07, 6.45) is 0. The molecule has 0 aliphatic carbocycles. The number of aryl methyl sites for hydroxylation is 1. The highest BCUT2D eigenvalue weighted by Crippen LogP contribution is 2.29.